The molecule has 0 aliphatic carbocycles. The molecule has 1 rings (SSSR count). The summed E-state index contributed by atoms with van der Waals surface area (Å²) in [4.78, 5) is 20.5. The van der Waals surface area contributed by atoms with Crippen molar-refractivity contribution in [3.05, 3.63) is 29.8 Å². The van der Waals surface area contributed by atoms with E-state index in [2.05, 4.69) is 6.92 Å². The monoisotopic (exact) mass is 362 g/mol. The fourth-order valence-electron chi connectivity index (χ4n) is 2.24. The SMILES string of the molecule is CCCCCCCCCCCC(=O)O.O=C(O)c1ccccc1O.[H-].[Na+]. The molecule has 0 aliphatic rings. The number of hydrogen-bond donors (Lipinski definition) is 3. The van der Waals surface area contributed by atoms with Gasteiger partial charge < -0.3 is 16.7 Å². The Bertz CT molecular complexity index is 483. The Morgan fingerprint density at radius 3 is 1.76 bits per heavy atom. The molecule has 0 fully saturated rings. The van der Waals surface area contributed by atoms with Crippen LogP contribution in [0.5, 0.6) is 5.75 Å². The Morgan fingerprint density at radius 1 is 0.880 bits per heavy atom. The molecule has 1 aromatic carbocycles. The van der Waals surface area contributed by atoms with E-state index in [9.17, 15) is 9.59 Å². The van der Waals surface area contributed by atoms with Gasteiger partial charge in [-0.25, -0.2) is 4.79 Å². The molecule has 5 nitrogen and oxygen atoms in total. The second-order valence-corrected chi connectivity index (χ2v) is 5.79. The van der Waals surface area contributed by atoms with Crippen LogP contribution >= 0.6 is 0 Å². The third-order valence-corrected chi connectivity index (χ3v) is 3.63. The van der Waals surface area contributed by atoms with Gasteiger partial charge in [-0.2, -0.15) is 0 Å². The van der Waals surface area contributed by atoms with Gasteiger partial charge in [0.25, 0.3) is 0 Å². The van der Waals surface area contributed by atoms with E-state index in [0.717, 1.165) is 12.8 Å². The van der Waals surface area contributed by atoms with E-state index < -0.39 is 11.9 Å². The van der Waals surface area contributed by atoms with Crippen molar-refractivity contribution in [3.63, 3.8) is 0 Å². The molecule has 3 N–H and O–H groups in total. The van der Waals surface area contributed by atoms with E-state index >= 15 is 0 Å². The Morgan fingerprint density at radius 2 is 1.36 bits per heavy atom. The van der Waals surface area contributed by atoms with Gasteiger partial charge in [-0.05, 0) is 18.6 Å². The third kappa shape index (κ3) is 16.2. The second-order valence-electron chi connectivity index (χ2n) is 5.79. The minimum Gasteiger partial charge on any atom is -1.00 e. The predicted molar refractivity (Wildman–Crippen MR) is 95.7 cm³/mol. The van der Waals surface area contributed by atoms with E-state index in [-0.39, 0.29) is 42.3 Å². The minimum atomic E-state index is -1.11. The number of unbranched alkanes of at least 4 members (excludes halogenated alkanes) is 8. The Labute approximate surface area is 174 Å². The van der Waals surface area contributed by atoms with Crippen molar-refractivity contribution in [2.24, 2.45) is 0 Å². The first-order valence-corrected chi connectivity index (χ1v) is 8.72. The van der Waals surface area contributed by atoms with Gasteiger partial charge in [0.2, 0.25) is 0 Å². The maximum atomic E-state index is 10.3. The molecule has 0 spiro atoms. The molecule has 0 aromatic heterocycles. The van der Waals surface area contributed by atoms with Gasteiger partial charge in [0.15, 0.2) is 0 Å². The number of aromatic hydroxyl groups is 1. The van der Waals surface area contributed by atoms with Crippen LogP contribution in [0.1, 0.15) is 82.9 Å². The molecule has 0 atom stereocenters. The smallest absolute Gasteiger partial charge is 1.00 e. The van der Waals surface area contributed by atoms with E-state index in [1.807, 2.05) is 0 Å². The van der Waals surface area contributed by atoms with Gasteiger partial charge in [0, 0.05) is 6.42 Å². The summed E-state index contributed by atoms with van der Waals surface area (Å²) < 4.78 is 0. The molecule has 1 aromatic rings. The van der Waals surface area contributed by atoms with Crippen molar-refractivity contribution in [1.82, 2.24) is 0 Å². The van der Waals surface area contributed by atoms with Crippen molar-refractivity contribution < 1.29 is 55.9 Å². The molecule has 0 heterocycles. The Hall–Kier alpha value is -1.04. The molecule has 25 heavy (non-hydrogen) atoms. The van der Waals surface area contributed by atoms with Crippen molar-refractivity contribution >= 4 is 11.9 Å². The zero-order chi connectivity index (χ0) is 18.2. The van der Waals surface area contributed by atoms with Crippen molar-refractivity contribution in [3.8, 4) is 5.75 Å². The molecular formula is C19H31NaO5. The van der Waals surface area contributed by atoms with Crippen LogP contribution in [0.4, 0.5) is 0 Å². The van der Waals surface area contributed by atoms with E-state index in [0.29, 0.717) is 6.42 Å². The molecule has 0 aliphatic heterocycles. The number of benzene rings is 1. The van der Waals surface area contributed by atoms with Crippen molar-refractivity contribution in [2.45, 2.75) is 71.1 Å². The number of carboxylic acids is 2. The number of carbonyl (C=O) groups is 2. The second kappa shape index (κ2) is 17.8. The number of rotatable bonds is 11. The summed E-state index contributed by atoms with van der Waals surface area (Å²) in [5.41, 5.74) is -0.0671. The summed E-state index contributed by atoms with van der Waals surface area (Å²) in [5.74, 6) is -1.97. The Balaban J connectivity index is -0.000000393. The normalized spacial score (nSPS) is 9.48. The summed E-state index contributed by atoms with van der Waals surface area (Å²) in [7, 11) is 0. The molecule has 6 heteroatoms. The maximum absolute atomic E-state index is 10.3. The summed E-state index contributed by atoms with van der Waals surface area (Å²) in [6, 6.07) is 5.81. The zero-order valence-electron chi connectivity index (χ0n) is 16.5. The molecule has 0 saturated carbocycles. The van der Waals surface area contributed by atoms with Gasteiger partial charge in [0.05, 0.1) is 0 Å². The fourth-order valence-corrected chi connectivity index (χ4v) is 2.24. The van der Waals surface area contributed by atoms with Crippen LogP contribution in [-0.2, 0) is 4.79 Å². The molecule has 0 saturated heterocycles. The van der Waals surface area contributed by atoms with Gasteiger partial charge >= 0.3 is 41.5 Å². The van der Waals surface area contributed by atoms with Crippen molar-refractivity contribution in [2.75, 3.05) is 0 Å². The molecule has 0 bridgehead atoms. The fraction of sp³-hybridized carbons (Fsp3) is 0.579. The van der Waals surface area contributed by atoms with Gasteiger partial charge in [-0.3, -0.25) is 4.79 Å². The first-order chi connectivity index (χ1) is 11.5. The quantitative estimate of drug-likeness (QED) is 0.414. The topological polar surface area (TPSA) is 94.8 Å². The number of hydrogen-bond acceptors (Lipinski definition) is 3. The summed E-state index contributed by atoms with van der Waals surface area (Å²) >= 11 is 0. The number of aromatic carboxylic acids is 1. The van der Waals surface area contributed by atoms with Crippen LogP contribution in [0.25, 0.3) is 0 Å². The predicted octanol–water partition coefficient (Wildman–Crippen LogP) is 2.20. The van der Waals surface area contributed by atoms with Crippen LogP contribution in [-0.4, -0.2) is 27.3 Å². The molecule has 0 unspecified atom stereocenters. The molecular weight excluding hydrogens is 331 g/mol. The van der Waals surface area contributed by atoms with E-state index in [1.165, 1.54) is 57.1 Å². The van der Waals surface area contributed by atoms with Gasteiger partial charge in [-0.1, -0.05) is 70.4 Å². The van der Waals surface area contributed by atoms with Gasteiger partial charge in [0.1, 0.15) is 11.3 Å². The van der Waals surface area contributed by atoms with E-state index in [1.54, 1.807) is 12.1 Å². The summed E-state index contributed by atoms with van der Waals surface area (Å²) in [6.07, 6.45) is 11.5. The number of phenols is 1. The first kappa shape index (κ1) is 26.2. The molecule has 0 amide bonds. The van der Waals surface area contributed by atoms with Crippen LogP contribution in [0, 0.1) is 0 Å². The zero-order valence-corrected chi connectivity index (χ0v) is 17.5. The van der Waals surface area contributed by atoms with E-state index in [4.69, 9.17) is 15.3 Å². The first-order valence-electron chi connectivity index (χ1n) is 8.72. The van der Waals surface area contributed by atoms with Crippen LogP contribution in [0.2, 0.25) is 0 Å². The number of para-hydroxylation sites is 1. The third-order valence-electron chi connectivity index (χ3n) is 3.63. The standard InChI is InChI=1S/C12H24O2.C7H6O3.Na.H/c1-2-3-4-5-6-7-8-9-10-11-12(13)14;8-6-4-2-1-3-5(6)7(9)10;;/h2-11H2,1H3,(H,13,14);1-4,8H,(H,9,10);;/q;;+1;-1. The minimum absolute atomic E-state index is 0. The molecule has 0 radical (unpaired) electrons. The summed E-state index contributed by atoms with van der Waals surface area (Å²) in [6.45, 7) is 2.23. The van der Waals surface area contributed by atoms with Crippen LogP contribution in [0.15, 0.2) is 24.3 Å². The number of aliphatic carboxylic acids is 1. The average Bonchev–Trinajstić information content (AvgIpc) is 2.54. The van der Waals surface area contributed by atoms with Gasteiger partial charge in [-0.15, -0.1) is 0 Å². The summed E-state index contributed by atoms with van der Waals surface area (Å²) in [5, 5.41) is 25.7. The van der Waals surface area contributed by atoms with Crippen molar-refractivity contribution in [1.29, 1.82) is 0 Å². The van der Waals surface area contributed by atoms with Crippen LogP contribution in [0.3, 0.4) is 0 Å². The largest absolute Gasteiger partial charge is 1.00 e. The molecule has 138 valence electrons. The van der Waals surface area contributed by atoms with Crippen LogP contribution < -0.4 is 29.6 Å². The number of carboxylic acid groups (broad SMARTS) is 2. The Kier molecular flexibility index (Phi) is 18.6. The average molecular weight is 362 g/mol. The maximum Gasteiger partial charge on any atom is 1.00 e.